The van der Waals surface area contributed by atoms with Crippen LogP contribution in [0, 0.1) is 6.92 Å². The molecular weight excluding hydrogens is 290 g/mol. The zero-order valence-electron chi connectivity index (χ0n) is 12.2. The number of carbonyl (C=O) groups is 2. The number of hydrogen-bond acceptors (Lipinski definition) is 4. The number of nitrogens with zero attached hydrogens (tertiary/aromatic N) is 1. The van der Waals surface area contributed by atoms with Crippen molar-refractivity contribution in [2.24, 2.45) is 0 Å². The lowest BCUT2D eigenvalue weighted by Crippen LogP contribution is -2.45. The summed E-state index contributed by atoms with van der Waals surface area (Å²) in [5.74, 6) is -0.564. The summed E-state index contributed by atoms with van der Waals surface area (Å²) in [5.41, 5.74) is 1.01. The van der Waals surface area contributed by atoms with E-state index in [0.717, 1.165) is 10.5 Å². The van der Waals surface area contributed by atoms with Gasteiger partial charge in [0.25, 0.3) is 0 Å². The first-order valence-electron chi connectivity index (χ1n) is 6.83. The number of morpholine rings is 1. The molecule has 1 amide bonds. The Balaban J connectivity index is 1.95. The van der Waals surface area contributed by atoms with Crippen molar-refractivity contribution in [3.8, 4) is 0 Å². The number of carbonyl (C=O) groups excluding carboxylic acids is 1. The lowest BCUT2D eigenvalue weighted by molar-refractivity contribution is -0.135. The van der Waals surface area contributed by atoms with Crippen LogP contribution in [-0.2, 0) is 9.53 Å². The first-order valence-corrected chi connectivity index (χ1v) is 7.82. The molecular formula is C15H19NO4S. The van der Waals surface area contributed by atoms with Gasteiger partial charge in [0.2, 0.25) is 5.91 Å². The molecule has 5 nitrogen and oxygen atoms in total. The van der Waals surface area contributed by atoms with Gasteiger partial charge in [0.05, 0.1) is 24.0 Å². The molecule has 1 unspecified atom stereocenters. The van der Waals surface area contributed by atoms with Gasteiger partial charge in [-0.15, -0.1) is 11.8 Å². The predicted molar refractivity (Wildman–Crippen MR) is 80.9 cm³/mol. The number of benzene rings is 1. The zero-order chi connectivity index (χ0) is 15.4. The molecule has 0 aliphatic carbocycles. The van der Waals surface area contributed by atoms with Crippen LogP contribution in [0.1, 0.15) is 22.8 Å². The molecule has 1 fully saturated rings. The molecule has 21 heavy (non-hydrogen) atoms. The second-order valence-corrected chi connectivity index (χ2v) is 6.14. The summed E-state index contributed by atoms with van der Waals surface area (Å²) >= 11 is 1.37. The number of aromatic carboxylic acids is 1. The maximum atomic E-state index is 12.1. The van der Waals surface area contributed by atoms with Crippen LogP contribution in [0.2, 0.25) is 0 Å². The van der Waals surface area contributed by atoms with Crippen molar-refractivity contribution in [2.45, 2.75) is 24.8 Å². The maximum Gasteiger partial charge on any atom is 0.335 e. The molecule has 114 valence electrons. The van der Waals surface area contributed by atoms with E-state index < -0.39 is 5.97 Å². The Labute approximate surface area is 128 Å². The predicted octanol–water partition coefficient (Wildman–Crippen LogP) is 2.03. The monoisotopic (exact) mass is 309 g/mol. The van der Waals surface area contributed by atoms with E-state index in [4.69, 9.17) is 9.84 Å². The average molecular weight is 309 g/mol. The molecule has 1 N–H and O–H groups in total. The van der Waals surface area contributed by atoms with Gasteiger partial charge in [-0.2, -0.15) is 0 Å². The number of carboxylic acid groups (broad SMARTS) is 1. The van der Waals surface area contributed by atoms with Crippen molar-refractivity contribution in [1.29, 1.82) is 0 Å². The standard InChI is InChI=1S/C15H19NO4S/c1-10-3-4-12(7-13(10)15(18)19)21-9-14(17)16-5-6-20-11(2)8-16/h3-4,7,11H,5-6,8-9H2,1-2H3,(H,18,19). The van der Waals surface area contributed by atoms with Gasteiger partial charge in [-0.1, -0.05) is 6.07 Å². The molecule has 0 spiro atoms. The summed E-state index contributed by atoms with van der Waals surface area (Å²) in [7, 11) is 0. The Morgan fingerprint density at radius 2 is 2.24 bits per heavy atom. The van der Waals surface area contributed by atoms with Crippen LogP contribution in [0.4, 0.5) is 0 Å². The SMILES string of the molecule is Cc1ccc(SCC(=O)N2CCOC(C)C2)cc1C(=O)O. The normalized spacial score (nSPS) is 18.6. The first kappa shape index (κ1) is 15.9. The minimum Gasteiger partial charge on any atom is -0.478 e. The van der Waals surface area contributed by atoms with Gasteiger partial charge in [0, 0.05) is 18.0 Å². The zero-order valence-corrected chi connectivity index (χ0v) is 13.0. The third-order valence-electron chi connectivity index (χ3n) is 3.40. The second-order valence-electron chi connectivity index (χ2n) is 5.09. The fraction of sp³-hybridized carbons (Fsp3) is 0.467. The van der Waals surface area contributed by atoms with E-state index in [-0.39, 0.29) is 17.6 Å². The molecule has 0 saturated carbocycles. The molecule has 0 bridgehead atoms. The number of aryl methyl sites for hydroxylation is 1. The minimum absolute atomic E-state index is 0.0626. The molecule has 6 heteroatoms. The Hall–Kier alpha value is -1.53. The van der Waals surface area contributed by atoms with Gasteiger partial charge in [0.15, 0.2) is 0 Å². The van der Waals surface area contributed by atoms with Crippen molar-refractivity contribution in [1.82, 2.24) is 4.90 Å². The average Bonchev–Trinajstić information content (AvgIpc) is 2.45. The van der Waals surface area contributed by atoms with Crippen LogP contribution < -0.4 is 0 Å². The Bertz CT molecular complexity index is 546. The number of hydrogen-bond donors (Lipinski definition) is 1. The number of ether oxygens (including phenoxy) is 1. The van der Waals surface area contributed by atoms with Crippen molar-refractivity contribution in [2.75, 3.05) is 25.4 Å². The summed E-state index contributed by atoms with van der Waals surface area (Å²) in [4.78, 5) is 25.8. The lowest BCUT2D eigenvalue weighted by atomic mass is 10.1. The molecule has 0 aromatic heterocycles. The number of amides is 1. The van der Waals surface area contributed by atoms with E-state index in [1.54, 1.807) is 24.0 Å². The molecule has 1 atom stereocenters. The molecule has 2 rings (SSSR count). The summed E-state index contributed by atoms with van der Waals surface area (Å²) in [6.45, 7) is 5.53. The largest absolute Gasteiger partial charge is 0.478 e. The van der Waals surface area contributed by atoms with Gasteiger partial charge < -0.3 is 14.7 Å². The summed E-state index contributed by atoms with van der Waals surface area (Å²) in [5, 5.41) is 9.10. The van der Waals surface area contributed by atoms with Crippen molar-refractivity contribution >= 4 is 23.6 Å². The Morgan fingerprint density at radius 1 is 1.48 bits per heavy atom. The fourth-order valence-electron chi connectivity index (χ4n) is 2.20. The summed E-state index contributed by atoms with van der Waals surface area (Å²) in [6, 6.07) is 5.24. The molecule has 1 saturated heterocycles. The smallest absolute Gasteiger partial charge is 0.335 e. The van der Waals surface area contributed by atoms with E-state index in [1.165, 1.54) is 11.8 Å². The fourth-order valence-corrected chi connectivity index (χ4v) is 3.04. The molecule has 0 radical (unpaired) electrons. The molecule has 1 aromatic carbocycles. The van der Waals surface area contributed by atoms with Crippen LogP contribution in [0.15, 0.2) is 23.1 Å². The van der Waals surface area contributed by atoms with E-state index in [1.807, 2.05) is 13.0 Å². The van der Waals surface area contributed by atoms with Crippen LogP contribution in [0.5, 0.6) is 0 Å². The van der Waals surface area contributed by atoms with Crippen molar-refractivity contribution in [3.05, 3.63) is 29.3 Å². The van der Waals surface area contributed by atoms with Crippen LogP contribution in [0.3, 0.4) is 0 Å². The van der Waals surface area contributed by atoms with E-state index in [2.05, 4.69) is 0 Å². The summed E-state index contributed by atoms with van der Waals surface area (Å²) < 4.78 is 5.41. The van der Waals surface area contributed by atoms with Gasteiger partial charge >= 0.3 is 5.97 Å². The summed E-state index contributed by atoms with van der Waals surface area (Å²) in [6.07, 6.45) is 0.0747. The number of rotatable bonds is 4. The second kappa shape index (κ2) is 6.95. The molecule has 1 aliphatic rings. The quantitative estimate of drug-likeness (QED) is 0.862. The number of thioether (sulfide) groups is 1. The Morgan fingerprint density at radius 3 is 2.90 bits per heavy atom. The van der Waals surface area contributed by atoms with E-state index >= 15 is 0 Å². The minimum atomic E-state index is -0.941. The Kier molecular flexibility index (Phi) is 5.25. The van der Waals surface area contributed by atoms with Crippen LogP contribution in [0.25, 0.3) is 0 Å². The van der Waals surface area contributed by atoms with Gasteiger partial charge in [-0.25, -0.2) is 4.79 Å². The highest BCUT2D eigenvalue weighted by Gasteiger charge is 2.21. The third kappa shape index (κ3) is 4.22. The first-order chi connectivity index (χ1) is 9.97. The highest BCUT2D eigenvalue weighted by molar-refractivity contribution is 8.00. The van der Waals surface area contributed by atoms with Gasteiger partial charge in [-0.3, -0.25) is 4.79 Å². The molecule has 1 heterocycles. The highest BCUT2D eigenvalue weighted by Crippen LogP contribution is 2.22. The van der Waals surface area contributed by atoms with E-state index in [9.17, 15) is 9.59 Å². The van der Waals surface area contributed by atoms with Crippen LogP contribution in [-0.4, -0.2) is 53.4 Å². The highest BCUT2D eigenvalue weighted by atomic mass is 32.2. The topological polar surface area (TPSA) is 66.8 Å². The van der Waals surface area contributed by atoms with Crippen molar-refractivity contribution < 1.29 is 19.4 Å². The van der Waals surface area contributed by atoms with Gasteiger partial charge in [0.1, 0.15) is 0 Å². The van der Waals surface area contributed by atoms with E-state index in [0.29, 0.717) is 25.4 Å². The molecule has 1 aliphatic heterocycles. The third-order valence-corrected chi connectivity index (χ3v) is 4.37. The van der Waals surface area contributed by atoms with Crippen molar-refractivity contribution in [3.63, 3.8) is 0 Å². The number of carboxylic acids is 1. The molecule has 1 aromatic rings. The lowest BCUT2D eigenvalue weighted by Gasteiger charge is -2.31. The van der Waals surface area contributed by atoms with Crippen LogP contribution >= 0.6 is 11.8 Å². The van der Waals surface area contributed by atoms with Gasteiger partial charge in [-0.05, 0) is 31.5 Å². The maximum absolute atomic E-state index is 12.1.